The minimum absolute atomic E-state index is 0.498. The molecule has 2 nitrogen and oxygen atoms in total. The van der Waals surface area contributed by atoms with Crippen molar-refractivity contribution >= 4 is 0 Å². The molecule has 0 aromatic heterocycles. The molecule has 1 rings (SSSR count). The SMILES string of the molecule is C[C@@H](NCC#N)C1CCCCCC1. The summed E-state index contributed by atoms with van der Waals surface area (Å²) >= 11 is 0. The maximum absolute atomic E-state index is 8.46. The van der Waals surface area contributed by atoms with Gasteiger partial charge in [0.05, 0.1) is 12.6 Å². The Morgan fingerprint density at radius 1 is 1.31 bits per heavy atom. The summed E-state index contributed by atoms with van der Waals surface area (Å²) < 4.78 is 0. The molecule has 1 N–H and O–H groups in total. The monoisotopic (exact) mass is 180 g/mol. The Morgan fingerprint density at radius 2 is 1.92 bits per heavy atom. The third-order valence-electron chi connectivity index (χ3n) is 3.11. The first-order chi connectivity index (χ1) is 6.34. The third-order valence-corrected chi connectivity index (χ3v) is 3.11. The fraction of sp³-hybridized carbons (Fsp3) is 0.909. The van der Waals surface area contributed by atoms with Crippen LogP contribution in [0.2, 0.25) is 0 Å². The van der Waals surface area contributed by atoms with Crippen LogP contribution in [0.15, 0.2) is 0 Å². The van der Waals surface area contributed by atoms with Crippen LogP contribution in [0, 0.1) is 17.2 Å². The highest BCUT2D eigenvalue weighted by Crippen LogP contribution is 2.25. The molecule has 0 unspecified atom stereocenters. The van der Waals surface area contributed by atoms with Crippen molar-refractivity contribution in [3.8, 4) is 6.07 Å². The summed E-state index contributed by atoms with van der Waals surface area (Å²) in [6.45, 7) is 2.71. The number of hydrogen-bond acceptors (Lipinski definition) is 2. The Labute approximate surface area is 81.3 Å². The van der Waals surface area contributed by atoms with E-state index in [-0.39, 0.29) is 0 Å². The molecule has 0 heterocycles. The quantitative estimate of drug-likeness (QED) is 0.535. The first kappa shape index (κ1) is 10.5. The summed E-state index contributed by atoms with van der Waals surface area (Å²) in [5.74, 6) is 0.802. The van der Waals surface area contributed by atoms with E-state index in [1.807, 2.05) is 0 Å². The number of nitrogens with zero attached hydrogens (tertiary/aromatic N) is 1. The molecule has 1 atom stereocenters. The Kier molecular flexibility index (Phi) is 4.85. The van der Waals surface area contributed by atoms with Crippen LogP contribution in [0.4, 0.5) is 0 Å². The van der Waals surface area contributed by atoms with Crippen LogP contribution >= 0.6 is 0 Å². The van der Waals surface area contributed by atoms with Crippen LogP contribution in [-0.4, -0.2) is 12.6 Å². The molecule has 0 aromatic carbocycles. The van der Waals surface area contributed by atoms with E-state index in [1.54, 1.807) is 0 Å². The van der Waals surface area contributed by atoms with E-state index in [1.165, 1.54) is 38.5 Å². The standard InChI is InChI=1S/C11H20N2/c1-10(13-9-8-12)11-6-4-2-3-5-7-11/h10-11,13H,2-7,9H2,1H3/t10-/m1/s1. The van der Waals surface area contributed by atoms with Crippen molar-refractivity contribution in [2.24, 2.45) is 5.92 Å². The highest BCUT2D eigenvalue weighted by molar-refractivity contribution is 4.80. The average molecular weight is 180 g/mol. The van der Waals surface area contributed by atoms with E-state index in [9.17, 15) is 0 Å². The van der Waals surface area contributed by atoms with Crippen LogP contribution in [-0.2, 0) is 0 Å². The van der Waals surface area contributed by atoms with Gasteiger partial charge in [0.15, 0.2) is 0 Å². The van der Waals surface area contributed by atoms with Gasteiger partial charge in [0, 0.05) is 6.04 Å². The van der Waals surface area contributed by atoms with Gasteiger partial charge in [-0.15, -0.1) is 0 Å². The molecule has 0 aliphatic heterocycles. The predicted molar refractivity (Wildman–Crippen MR) is 54.3 cm³/mol. The van der Waals surface area contributed by atoms with Gasteiger partial charge in [0.2, 0.25) is 0 Å². The van der Waals surface area contributed by atoms with Gasteiger partial charge in [-0.1, -0.05) is 25.7 Å². The minimum Gasteiger partial charge on any atom is -0.302 e. The maximum atomic E-state index is 8.46. The number of nitrogens with one attached hydrogen (secondary N) is 1. The zero-order chi connectivity index (χ0) is 9.52. The van der Waals surface area contributed by atoms with Gasteiger partial charge in [0.1, 0.15) is 0 Å². The Hall–Kier alpha value is -0.550. The van der Waals surface area contributed by atoms with Gasteiger partial charge < -0.3 is 5.32 Å². The number of hydrogen-bond donors (Lipinski definition) is 1. The molecule has 74 valence electrons. The molecule has 0 radical (unpaired) electrons. The van der Waals surface area contributed by atoms with Crippen molar-refractivity contribution in [1.29, 1.82) is 5.26 Å². The Morgan fingerprint density at radius 3 is 2.46 bits per heavy atom. The van der Waals surface area contributed by atoms with Crippen LogP contribution in [0.3, 0.4) is 0 Å². The second-order valence-corrected chi connectivity index (χ2v) is 4.08. The number of nitriles is 1. The summed E-state index contributed by atoms with van der Waals surface area (Å²) in [4.78, 5) is 0. The van der Waals surface area contributed by atoms with Crippen molar-refractivity contribution in [2.75, 3.05) is 6.54 Å². The van der Waals surface area contributed by atoms with E-state index in [0.717, 1.165) is 5.92 Å². The normalized spacial score (nSPS) is 21.8. The molecule has 0 aromatic rings. The smallest absolute Gasteiger partial charge is 0.0843 e. The van der Waals surface area contributed by atoms with Gasteiger partial charge in [0.25, 0.3) is 0 Å². The molecule has 2 heteroatoms. The predicted octanol–water partition coefficient (Wildman–Crippen LogP) is 2.46. The molecule has 1 aliphatic carbocycles. The zero-order valence-electron chi connectivity index (χ0n) is 8.55. The Balaban J connectivity index is 2.27. The van der Waals surface area contributed by atoms with Crippen molar-refractivity contribution in [3.63, 3.8) is 0 Å². The second kappa shape index (κ2) is 5.99. The first-order valence-corrected chi connectivity index (χ1v) is 5.45. The van der Waals surface area contributed by atoms with Gasteiger partial charge in [-0.3, -0.25) is 0 Å². The fourth-order valence-corrected chi connectivity index (χ4v) is 2.18. The van der Waals surface area contributed by atoms with Crippen LogP contribution < -0.4 is 5.32 Å². The minimum atomic E-state index is 0.498. The van der Waals surface area contributed by atoms with Gasteiger partial charge in [-0.2, -0.15) is 5.26 Å². The lowest BCUT2D eigenvalue weighted by atomic mass is 9.93. The van der Waals surface area contributed by atoms with Gasteiger partial charge >= 0.3 is 0 Å². The Bertz CT molecular complexity index is 163. The number of rotatable bonds is 3. The van der Waals surface area contributed by atoms with Crippen molar-refractivity contribution in [3.05, 3.63) is 0 Å². The summed E-state index contributed by atoms with van der Waals surface area (Å²) in [5.41, 5.74) is 0. The van der Waals surface area contributed by atoms with Crippen molar-refractivity contribution in [2.45, 2.75) is 51.5 Å². The fourth-order valence-electron chi connectivity index (χ4n) is 2.18. The molecule has 0 bridgehead atoms. The van der Waals surface area contributed by atoms with Crippen LogP contribution in [0.1, 0.15) is 45.4 Å². The molecule has 0 amide bonds. The summed E-state index contributed by atoms with van der Waals surface area (Å²) in [6.07, 6.45) is 8.26. The highest BCUT2D eigenvalue weighted by atomic mass is 14.9. The summed E-state index contributed by atoms with van der Waals surface area (Å²) in [6, 6.07) is 2.67. The lowest BCUT2D eigenvalue weighted by Gasteiger charge is -2.22. The molecular formula is C11H20N2. The van der Waals surface area contributed by atoms with Crippen LogP contribution in [0.25, 0.3) is 0 Å². The van der Waals surface area contributed by atoms with E-state index >= 15 is 0 Å². The van der Waals surface area contributed by atoms with Crippen molar-refractivity contribution in [1.82, 2.24) is 5.32 Å². The first-order valence-electron chi connectivity index (χ1n) is 5.45. The van der Waals surface area contributed by atoms with Crippen molar-refractivity contribution < 1.29 is 0 Å². The van der Waals surface area contributed by atoms with E-state index < -0.39 is 0 Å². The largest absolute Gasteiger partial charge is 0.302 e. The second-order valence-electron chi connectivity index (χ2n) is 4.08. The molecule has 1 saturated carbocycles. The molecule has 0 spiro atoms. The third kappa shape index (κ3) is 3.78. The summed E-state index contributed by atoms with van der Waals surface area (Å²) in [7, 11) is 0. The van der Waals surface area contributed by atoms with Gasteiger partial charge in [-0.05, 0) is 25.7 Å². The molecule has 1 fully saturated rings. The lowest BCUT2D eigenvalue weighted by Crippen LogP contribution is -2.33. The molecular weight excluding hydrogens is 160 g/mol. The maximum Gasteiger partial charge on any atom is 0.0843 e. The van der Waals surface area contributed by atoms with Gasteiger partial charge in [-0.25, -0.2) is 0 Å². The highest BCUT2D eigenvalue weighted by Gasteiger charge is 2.17. The molecule has 1 aliphatic rings. The zero-order valence-corrected chi connectivity index (χ0v) is 8.55. The van der Waals surface area contributed by atoms with E-state index in [0.29, 0.717) is 12.6 Å². The molecule has 13 heavy (non-hydrogen) atoms. The van der Waals surface area contributed by atoms with E-state index in [4.69, 9.17) is 5.26 Å². The van der Waals surface area contributed by atoms with E-state index in [2.05, 4.69) is 18.3 Å². The topological polar surface area (TPSA) is 35.8 Å². The lowest BCUT2D eigenvalue weighted by molar-refractivity contribution is 0.348. The molecule has 0 saturated heterocycles. The van der Waals surface area contributed by atoms with Crippen LogP contribution in [0.5, 0.6) is 0 Å². The average Bonchev–Trinajstić information content (AvgIpc) is 2.42. The summed E-state index contributed by atoms with van der Waals surface area (Å²) in [5, 5.41) is 11.7.